The number of morpholine rings is 1. The molecule has 0 bridgehead atoms. The molecule has 1 saturated carbocycles. The van der Waals surface area contributed by atoms with E-state index in [4.69, 9.17) is 31.1 Å². The van der Waals surface area contributed by atoms with Gasteiger partial charge in [-0.05, 0) is 61.4 Å². The van der Waals surface area contributed by atoms with E-state index in [2.05, 4.69) is 58.4 Å². The fourth-order valence-corrected chi connectivity index (χ4v) is 5.15. The highest BCUT2D eigenvalue weighted by atomic mass is 35.5. The molecular formula is C25H28ClN5O2S. The zero-order valence-corrected chi connectivity index (χ0v) is 20.6. The van der Waals surface area contributed by atoms with Crippen LogP contribution in [0.5, 0.6) is 0 Å². The van der Waals surface area contributed by atoms with Crippen LogP contribution in [-0.4, -0.2) is 49.7 Å². The fourth-order valence-electron chi connectivity index (χ4n) is 3.79. The quantitative estimate of drug-likeness (QED) is 0.482. The number of hydrogen-bond donors (Lipinski definition) is 2. The van der Waals surface area contributed by atoms with Gasteiger partial charge in [-0.2, -0.15) is 0 Å². The summed E-state index contributed by atoms with van der Waals surface area (Å²) in [5, 5.41) is 3.93. The molecule has 2 aromatic carbocycles. The minimum absolute atomic E-state index is 0.00251. The third-order valence-electron chi connectivity index (χ3n) is 5.78. The van der Waals surface area contributed by atoms with Gasteiger partial charge in [-0.1, -0.05) is 11.6 Å². The van der Waals surface area contributed by atoms with Gasteiger partial charge in [0.2, 0.25) is 6.41 Å². The van der Waals surface area contributed by atoms with E-state index in [0.717, 1.165) is 72.8 Å². The Morgan fingerprint density at radius 3 is 2.32 bits per heavy atom. The Labute approximate surface area is 209 Å². The van der Waals surface area contributed by atoms with E-state index in [-0.39, 0.29) is 11.2 Å². The Morgan fingerprint density at radius 1 is 1.09 bits per heavy atom. The smallest absolute Gasteiger partial charge is 0.204 e. The molecule has 2 fully saturated rings. The van der Waals surface area contributed by atoms with E-state index in [1.54, 1.807) is 0 Å². The highest BCUT2D eigenvalue weighted by Crippen LogP contribution is 2.59. The van der Waals surface area contributed by atoms with Crippen molar-refractivity contribution in [2.24, 2.45) is 5.73 Å². The summed E-state index contributed by atoms with van der Waals surface area (Å²) in [4.78, 5) is 22.1. The molecule has 2 aliphatic rings. The number of amides is 1. The number of halogens is 1. The van der Waals surface area contributed by atoms with Crippen molar-refractivity contribution in [1.82, 2.24) is 9.97 Å². The van der Waals surface area contributed by atoms with Crippen molar-refractivity contribution >= 4 is 41.3 Å². The Hall–Kier alpha value is -2.81. The Kier molecular flexibility index (Phi) is 7.92. The lowest BCUT2D eigenvalue weighted by Gasteiger charge is -2.29. The number of anilines is 2. The summed E-state index contributed by atoms with van der Waals surface area (Å²) in [7, 11) is 1.92. The monoisotopic (exact) mass is 497 g/mol. The summed E-state index contributed by atoms with van der Waals surface area (Å²) < 4.78 is 5.55. The summed E-state index contributed by atoms with van der Waals surface area (Å²) >= 11 is 7.96. The highest BCUT2D eigenvalue weighted by molar-refractivity contribution is 8.00. The third-order valence-corrected chi connectivity index (χ3v) is 7.55. The zero-order valence-electron chi connectivity index (χ0n) is 19.0. The molecule has 34 heavy (non-hydrogen) atoms. The van der Waals surface area contributed by atoms with Gasteiger partial charge in [0.1, 0.15) is 5.82 Å². The Bertz CT molecular complexity index is 1100. The maximum absolute atomic E-state index is 8.58. The molecule has 1 saturated heterocycles. The molecule has 9 heteroatoms. The van der Waals surface area contributed by atoms with Gasteiger partial charge in [0, 0.05) is 47.4 Å². The lowest BCUT2D eigenvalue weighted by atomic mass is 10.1. The van der Waals surface area contributed by atoms with Crippen LogP contribution in [0.2, 0.25) is 5.02 Å². The number of primary amides is 1. The topological polar surface area (TPSA) is 93.4 Å². The molecule has 7 nitrogen and oxygen atoms in total. The minimum Gasteiger partial charge on any atom is -0.388 e. The number of rotatable bonds is 6. The van der Waals surface area contributed by atoms with Gasteiger partial charge in [0.05, 0.1) is 23.7 Å². The average Bonchev–Trinajstić information content (AvgIpc) is 3.67. The molecule has 0 spiro atoms. The molecular weight excluding hydrogens is 470 g/mol. The predicted molar refractivity (Wildman–Crippen MR) is 139 cm³/mol. The largest absolute Gasteiger partial charge is 0.388 e. The van der Waals surface area contributed by atoms with Gasteiger partial charge in [0.25, 0.3) is 0 Å². The molecule has 0 atom stereocenters. The van der Waals surface area contributed by atoms with Crippen LogP contribution in [-0.2, 0) is 14.3 Å². The summed E-state index contributed by atoms with van der Waals surface area (Å²) in [5.41, 5.74) is 7.38. The molecule has 1 aromatic heterocycles. The second kappa shape index (κ2) is 11.1. The number of benzene rings is 2. The van der Waals surface area contributed by atoms with Crippen LogP contribution in [0.1, 0.15) is 18.5 Å². The standard InChI is InChI=1S/C24H25ClN4OS.CH3NO/c1-26-19-6-2-17(3-7-19)23-27-21(16-22(28-23)29-12-14-30-15-13-29)24(10-11-24)31-20-8-4-18(25)5-9-20;2-1-3/h2-9,16,26H,10-15H2,1H3;1H,(H2,2,3). The van der Waals surface area contributed by atoms with Crippen molar-refractivity contribution in [2.75, 3.05) is 43.6 Å². The lowest BCUT2D eigenvalue weighted by molar-refractivity contribution is -0.106. The van der Waals surface area contributed by atoms with Crippen molar-refractivity contribution in [2.45, 2.75) is 22.5 Å². The summed E-state index contributed by atoms with van der Waals surface area (Å²) in [5.74, 6) is 1.77. The number of carbonyl (C=O) groups excluding carboxylic acids is 1. The van der Waals surface area contributed by atoms with Crippen molar-refractivity contribution < 1.29 is 9.53 Å². The van der Waals surface area contributed by atoms with E-state index < -0.39 is 0 Å². The predicted octanol–water partition coefficient (Wildman–Crippen LogP) is 4.56. The highest BCUT2D eigenvalue weighted by Gasteiger charge is 2.47. The first-order valence-corrected chi connectivity index (χ1v) is 12.4. The van der Waals surface area contributed by atoms with Crippen molar-refractivity contribution in [1.29, 1.82) is 0 Å². The molecule has 178 valence electrons. The molecule has 5 rings (SSSR count). The summed E-state index contributed by atoms with van der Waals surface area (Å²) in [6.07, 6.45) is 2.47. The van der Waals surface area contributed by atoms with E-state index in [0.29, 0.717) is 0 Å². The summed E-state index contributed by atoms with van der Waals surface area (Å²) in [6.45, 7) is 3.17. The van der Waals surface area contributed by atoms with Crippen LogP contribution >= 0.6 is 23.4 Å². The van der Waals surface area contributed by atoms with E-state index in [1.807, 2.05) is 30.9 Å². The molecule has 1 amide bonds. The summed E-state index contributed by atoms with van der Waals surface area (Å²) in [6, 6.07) is 18.6. The van der Waals surface area contributed by atoms with Gasteiger partial charge < -0.3 is 20.7 Å². The molecule has 1 aliphatic carbocycles. The normalized spacial score (nSPS) is 16.2. The fraction of sp³-hybridized carbons (Fsp3) is 0.320. The van der Waals surface area contributed by atoms with Crippen LogP contribution in [0, 0.1) is 0 Å². The van der Waals surface area contributed by atoms with Crippen LogP contribution in [0.4, 0.5) is 11.5 Å². The van der Waals surface area contributed by atoms with Gasteiger partial charge in [-0.3, -0.25) is 4.79 Å². The molecule has 0 radical (unpaired) electrons. The molecule has 3 aromatic rings. The third kappa shape index (κ3) is 5.81. The van der Waals surface area contributed by atoms with E-state index in [1.165, 1.54) is 4.90 Å². The maximum atomic E-state index is 8.58. The van der Waals surface area contributed by atoms with Gasteiger partial charge in [0.15, 0.2) is 5.82 Å². The molecule has 2 heterocycles. The second-order valence-corrected chi connectivity index (χ2v) is 9.94. The van der Waals surface area contributed by atoms with Gasteiger partial charge in [-0.15, -0.1) is 11.8 Å². The first kappa shape index (κ1) is 24.3. The van der Waals surface area contributed by atoms with Gasteiger partial charge in [-0.25, -0.2) is 9.97 Å². The van der Waals surface area contributed by atoms with Crippen LogP contribution in [0.3, 0.4) is 0 Å². The van der Waals surface area contributed by atoms with Crippen molar-refractivity contribution in [3.63, 3.8) is 0 Å². The number of thioether (sulfide) groups is 1. The molecule has 1 aliphatic heterocycles. The first-order valence-electron chi connectivity index (χ1n) is 11.2. The number of hydrogen-bond acceptors (Lipinski definition) is 7. The number of ether oxygens (including phenoxy) is 1. The number of nitrogens with one attached hydrogen (secondary N) is 1. The number of aromatic nitrogens is 2. The van der Waals surface area contributed by atoms with Crippen LogP contribution in [0.15, 0.2) is 59.5 Å². The second-order valence-electron chi connectivity index (χ2n) is 8.05. The maximum Gasteiger partial charge on any atom is 0.204 e. The minimum atomic E-state index is -0.00251. The first-order chi connectivity index (χ1) is 16.6. The van der Waals surface area contributed by atoms with Crippen LogP contribution in [0.25, 0.3) is 11.4 Å². The van der Waals surface area contributed by atoms with Crippen molar-refractivity contribution in [3.8, 4) is 11.4 Å². The average molecular weight is 498 g/mol. The zero-order chi connectivity index (χ0) is 24.0. The molecule has 3 N–H and O–H groups in total. The number of carbonyl (C=O) groups is 1. The van der Waals surface area contributed by atoms with Crippen molar-refractivity contribution in [3.05, 3.63) is 65.3 Å². The number of nitrogens with two attached hydrogens (primary N) is 1. The Balaban J connectivity index is 0.000000868. The van der Waals surface area contributed by atoms with Crippen LogP contribution < -0.4 is 16.0 Å². The SMILES string of the molecule is CNc1ccc(-c2nc(N3CCOCC3)cc(C3(Sc4ccc(Cl)cc4)CC3)n2)cc1.NC=O. The lowest BCUT2D eigenvalue weighted by Crippen LogP contribution is -2.37. The number of nitrogens with zero attached hydrogens (tertiary/aromatic N) is 3. The molecule has 0 unspecified atom stereocenters. The van der Waals surface area contributed by atoms with E-state index in [9.17, 15) is 0 Å². The Morgan fingerprint density at radius 2 is 1.74 bits per heavy atom. The van der Waals surface area contributed by atoms with Gasteiger partial charge >= 0.3 is 0 Å². The van der Waals surface area contributed by atoms with E-state index >= 15 is 0 Å².